The minimum absolute atomic E-state index is 0.596. The van der Waals surface area contributed by atoms with Gasteiger partial charge < -0.3 is 4.98 Å². The quantitative estimate of drug-likeness (QED) is 0.621. The molecule has 0 aliphatic heterocycles. The fourth-order valence-electron chi connectivity index (χ4n) is 3.10. The van der Waals surface area contributed by atoms with Gasteiger partial charge in [0, 0.05) is 41.1 Å². The average molecular weight is 357 g/mol. The number of aromatic nitrogens is 2. The van der Waals surface area contributed by atoms with Crippen LogP contribution in [0, 0.1) is 6.92 Å². The molecule has 0 unspecified atom stereocenters. The van der Waals surface area contributed by atoms with Crippen LogP contribution in [0.2, 0.25) is 0 Å². The summed E-state index contributed by atoms with van der Waals surface area (Å²) < 4.78 is 0. The van der Waals surface area contributed by atoms with Crippen LogP contribution < -0.4 is 5.32 Å². The van der Waals surface area contributed by atoms with Crippen molar-refractivity contribution in [3.05, 3.63) is 66.1 Å². The van der Waals surface area contributed by atoms with Crippen molar-refractivity contribution < 1.29 is 0 Å². The third-order valence-corrected chi connectivity index (χ3v) is 4.70. The number of fused-ring (bicyclic) bond motifs is 1. The van der Waals surface area contributed by atoms with E-state index in [2.05, 4.69) is 64.3 Å². The molecule has 136 valence electrons. The van der Waals surface area contributed by atoms with Crippen LogP contribution in [-0.4, -0.2) is 35.1 Å². The van der Waals surface area contributed by atoms with E-state index in [1.807, 2.05) is 18.5 Å². The highest BCUT2D eigenvalue weighted by molar-refractivity contribution is 6.16. The number of aliphatic imine (C=N–C) groups is 2. The largest absolute Gasteiger partial charge is 0.345 e. The Kier molecular flexibility index (Phi) is 4.94. The standard InChI is InChI=1S/C22H23N5/c1-15-4-3-5-16(10-15)17-11-19-20(13-25-22(19)24-12-17)21(8-9-23-2)27-14-26-18-6-7-18/h3-5,8-13,18,26H,2,6-7,14H2,1H3,(H,24,25)/b9-8-,27-21+. The highest BCUT2D eigenvalue weighted by Gasteiger charge is 2.19. The Hall–Kier alpha value is -3.05. The molecule has 3 aromatic rings. The van der Waals surface area contributed by atoms with Gasteiger partial charge in [0.1, 0.15) is 5.65 Å². The molecule has 0 spiro atoms. The second-order valence-corrected chi connectivity index (χ2v) is 6.87. The lowest BCUT2D eigenvalue weighted by Gasteiger charge is -2.05. The van der Waals surface area contributed by atoms with Crippen molar-refractivity contribution >= 4 is 23.5 Å². The maximum absolute atomic E-state index is 4.73. The summed E-state index contributed by atoms with van der Waals surface area (Å²) in [6, 6.07) is 11.2. The Morgan fingerprint density at radius 2 is 2.22 bits per heavy atom. The molecule has 5 heteroatoms. The van der Waals surface area contributed by atoms with Gasteiger partial charge in [-0.2, -0.15) is 0 Å². The molecular formula is C22H23N5. The van der Waals surface area contributed by atoms with E-state index in [4.69, 9.17) is 4.99 Å². The lowest BCUT2D eigenvalue weighted by Crippen LogP contribution is -2.17. The summed E-state index contributed by atoms with van der Waals surface area (Å²) in [5, 5.41) is 4.47. The van der Waals surface area contributed by atoms with E-state index in [0.717, 1.165) is 33.4 Å². The number of aryl methyl sites for hydroxylation is 1. The fourth-order valence-corrected chi connectivity index (χ4v) is 3.10. The van der Waals surface area contributed by atoms with Gasteiger partial charge in [-0.25, -0.2) is 4.98 Å². The zero-order valence-corrected chi connectivity index (χ0v) is 15.4. The van der Waals surface area contributed by atoms with Crippen molar-refractivity contribution in [2.45, 2.75) is 25.8 Å². The molecule has 0 amide bonds. The van der Waals surface area contributed by atoms with E-state index in [-0.39, 0.29) is 0 Å². The van der Waals surface area contributed by atoms with Crippen molar-refractivity contribution in [3.8, 4) is 11.1 Å². The van der Waals surface area contributed by atoms with Gasteiger partial charge in [-0.3, -0.25) is 15.3 Å². The summed E-state index contributed by atoms with van der Waals surface area (Å²) in [6.45, 7) is 6.22. The van der Waals surface area contributed by atoms with Gasteiger partial charge in [0.15, 0.2) is 0 Å². The van der Waals surface area contributed by atoms with E-state index in [1.54, 1.807) is 6.20 Å². The van der Waals surface area contributed by atoms with Crippen molar-refractivity contribution in [2.24, 2.45) is 9.98 Å². The van der Waals surface area contributed by atoms with Crippen LogP contribution in [0.25, 0.3) is 22.2 Å². The van der Waals surface area contributed by atoms with Crippen molar-refractivity contribution in [1.29, 1.82) is 0 Å². The molecule has 5 nitrogen and oxygen atoms in total. The van der Waals surface area contributed by atoms with Crippen LogP contribution in [0.4, 0.5) is 0 Å². The molecule has 4 rings (SSSR count). The molecule has 0 bridgehead atoms. The molecule has 0 saturated heterocycles. The van der Waals surface area contributed by atoms with E-state index in [9.17, 15) is 0 Å². The Bertz CT molecular complexity index is 1020. The second kappa shape index (κ2) is 7.68. The summed E-state index contributed by atoms with van der Waals surface area (Å²) in [5.74, 6) is 0. The van der Waals surface area contributed by atoms with Crippen LogP contribution >= 0.6 is 0 Å². The highest BCUT2D eigenvalue weighted by atomic mass is 15.1. The third kappa shape index (κ3) is 4.04. The molecule has 1 saturated carbocycles. The third-order valence-electron chi connectivity index (χ3n) is 4.70. The molecule has 0 radical (unpaired) electrons. The van der Waals surface area contributed by atoms with Gasteiger partial charge in [0.25, 0.3) is 0 Å². The summed E-state index contributed by atoms with van der Waals surface area (Å²) >= 11 is 0. The molecule has 1 aliphatic rings. The number of H-pyrrole nitrogens is 1. The molecular weight excluding hydrogens is 334 g/mol. The molecule has 2 N–H and O–H groups in total. The number of nitrogens with zero attached hydrogens (tertiary/aromatic N) is 3. The van der Waals surface area contributed by atoms with Crippen LogP contribution in [0.3, 0.4) is 0 Å². The van der Waals surface area contributed by atoms with Crippen LogP contribution in [-0.2, 0) is 0 Å². The molecule has 0 atom stereocenters. The Balaban J connectivity index is 1.73. The van der Waals surface area contributed by atoms with Crippen molar-refractivity contribution in [1.82, 2.24) is 15.3 Å². The zero-order valence-electron chi connectivity index (χ0n) is 15.4. The summed E-state index contributed by atoms with van der Waals surface area (Å²) in [7, 11) is 0. The van der Waals surface area contributed by atoms with Gasteiger partial charge in [-0.05, 0) is 44.2 Å². The van der Waals surface area contributed by atoms with Crippen LogP contribution in [0.5, 0.6) is 0 Å². The first-order valence-corrected chi connectivity index (χ1v) is 9.19. The fraction of sp³-hybridized carbons (Fsp3) is 0.227. The molecule has 2 heterocycles. The molecule has 1 aromatic carbocycles. The number of rotatable bonds is 7. The number of hydrogen-bond acceptors (Lipinski definition) is 4. The predicted octanol–water partition coefficient (Wildman–Crippen LogP) is 4.25. The van der Waals surface area contributed by atoms with E-state index in [0.29, 0.717) is 12.7 Å². The average Bonchev–Trinajstić information content (AvgIpc) is 3.41. The first-order chi connectivity index (χ1) is 13.2. The SMILES string of the molecule is C=N/C=C\C(=N/CNC1CC1)c1c[nH]c2ncc(-c3cccc(C)c3)cc12. The monoisotopic (exact) mass is 357 g/mol. The Labute approximate surface area is 159 Å². The Morgan fingerprint density at radius 3 is 3.00 bits per heavy atom. The van der Waals surface area contributed by atoms with Gasteiger partial charge >= 0.3 is 0 Å². The molecule has 1 fully saturated rings. The maximum atomic E-state index is 4.73. The maximum Gasteiger partial charge on any atom is 0.137 e. The number of hydrogen-bond donors (Lipinski definition) is 2. The van der Waals surface area contributed by atoms with Crippen molar-refractivity contribution in [2.75, 3.05) is 6.67 Å². The van der Waals surface area contributed by atoms with Gasteiger partial charge in [-0.15, -0.1) is 0 Å². The highest BCUT2D eigenvalue weighted by Crippen LogP contribution is 2.26. The van der Waals surface area contributed by atoms with Gasteiger partial charge in [0.05, 0.1) is 12.4 Å². The lowest BCUT2D eigenvalue weighted by molar-refractivity contribution is 0.705. The number of nitrogens with one attached hydrogen (secondary N) is 2. The van der Waals surface area contributed by atoms with E-state index < -0.39 is 0 Å². The minimum atomic E-state index is 0.596. The van der Waals surface area contributed by atoms with Gasteiger partial charge in [-0.1, -0.05) is 29.8 Å². The number of aromatic amines is 1. The normalized spacial score (nSPS) is 14.9. The lowest BCUT2D eigenvalue weighted by atomic mass is 10.0. The minimum Gasteiger partial charge on any atom is -0.345 e. The van der Waals surface area contributed by atoms with Gasteiger partial charge in [0.2, 0.25) is 0 Å². The Morgan fingerprint density at radius 1 is 1.33 bits per heavy atom. The second-order valence-electron chi connectivity index (χ2n) is 6.87. The molecule has 1 aliphatic carbocycles. The predicted molar refractivity (Wildman–Crippen MR) is 113 cm³/mol. The van der Waals surface area contributed by atoms with E-state index >= 15 is 0 Å². The number of allylic oxidation sites excluding steroid dienone is 1. The van der Waals surface area contributed by atoms with Crippen LogP contribution in [0.1, 0.15) is 24.0 Å². The van der Waals surface area contributed by atoms with Crippen LogP contribution in [0.15, 0.2) is 65.0 Å². The summed E-state index contributed by atoms with van der Waals surface area (Å²) in [6.07, 6.45) is 9.92. The number of pyridine rings is 1. The van der Waals surface area contributed by atoms with Crippen molar-refractivity contribution in [3.63, 3.8) is 0 Å². The molecule has 27 heavy (non-hydrogen) atoms. The topological polar surface area (TPSA) is 65.4 Å². The summed E-state index contributed by atoms with van der Waals surface area (Å²) in [5.41, 5.74) is 6.22. The summed E-state index contributed by atoms with van der Waals surface area (Å²) in [4.78, 5) is 16.4. The van der Waals surface area contributed by atoms with E-state index in [1.165, 1.54) is 18.4 Å². The number of benzene rings is 1. The zero-order chi connectivity index (χ0) is 18.6. The first kappa shape index (κ1) is 17.4. The molecule has 2 aromatic heterocycles. The first-order valence-electron chi connectivity index (χ1n) is 9.19. The smallest absolute Gasteiger partial charge is 0.137 e.